The molecule has 0 unspecified atom stereocenters. The lowest BCUT2D eigenvalue weighted by atomic mass is 9.97. The van der Waals surface area contributed by atoms with Crippen molar-refractivity contribution in [3.63, 3.8) is 0 Å². The van der Waals surface area contributed by atoms with E-state index in [0.29, 0.717) is 5.56 Å². The highest BCUT2D eigenvalue weighted by Gasteiger charge is 2.13. The first-order valence-electron chi connectivity index (χ1n) is 5.71. The van der Waals surface area contributed by atoms with Crippen LogP contribution in [0.3, 0.4) is 0 Å². The molecule has 0 saturated carbocycles. The Morgan fingerprint density at radius 1 is 0.895 bits per heavy atom. The number of hydrogen-bond acceptors (Lipinski definition) is 2. The number of aliphatic carboxylic acids is 1. The molecule has 0 atom stereocenters. The predicted molar refractivity (Wildman–Crippen MR) is 70.2 cm³/mol. The van der Waals surface area contributed by atoms with E-state index in [9.17, 15) is 9.59 Å². The first-order chi connectivity index (χ1) is 9.08. The van der Waals surface area contributed by atoms with E-state index in [4.69, 9.17) is 10.2 Å². The van der Waals surface area contributed by atoms with Crippen LogP contribution in [0.1, 0.15) is 15.9 Å². The van der Waals surface area contributed by atoms with Crippen molar-refractivity contribution >= 4 is 11.9 Å². The molecule has 96 valence electrons. The summed E-state index contributed by atoms with van der Waals surface area (Å²) in [7, 11) is 0. The summed E-state index contributed by atoms with van der Waals surface area (Å²) in [5.41, 5.74) is 1.99. The van der Waals surface area contributed by atoms with E-state index in [1.807, 2.05) is 30.3 Å². The summed E-state index contributed by atoms with van der Waals surface area (Å²) in [6, 6.07) is 14.1. The van der Waals surface area contributed by atoms with Gasteiger partial charge in [0.2, 0.25) is 0 Å². The molecule has 19 heavy (non-hydrogen) atoms. The minimum absolute atomic E-state index is 0.0313. The average molecular weight is 256 g/mol. The van der Waals surface area contributed by atoms with Crippen LogP contribution in [0.15, 0.2) is 48.5 Å². The molecule has 0 bridgehead atoms. The second-order valence-electron chi connectivity index (χ2n) is 4.11. The first-order valence-corrected chi connectivity index (χ1v) is 5.71. The zero-order valence-corrected chi connectivity index (χ0v) is 10.0. The zero-order chi connectivity index (χ0) is 13.8. The first kappa shape index (κ1) is 12.8. The Morgan fingerprint density at radius 2 is 1.58 bits per heavy atom. The van der Waals surface area contributed by atoms with E-state index in [1.54, 1.807) is 12.1 Å². The third-order valence-electron chi connectivity index (χ3n) is 2.79. The topological polar surface area (TPSA) is 74.6 Å². The summed E-state index contributed by atoms with van der Waals surface area (Å²) in [6.45, 7) is 0. The molecule has 0 fully saturated rings. The summed E-state index contributed by atoms with van der Waals surface area (Å²) in [6.07, 6.45) is -0.295. The molecule has 0 spiro atoms. The van der Waals surface area contributed by atoms with Crippen molar-refractivity contribution < 1.29 is 19.8 Å². The number of aromatic carboxylic acids is 1. The van der Waals surface area contributed by atoms with Crippen LogP contribution in [0.5, 0.6) is 0 Å². The van der Waals surface area contributed by atoms with Gasteiger partial charge in [-0.25, -0.2) is 4.79 Å². The fraction of sp³-hybridized carbons (Fsp3) is 0.0667. The van der Waals surface area contributed by atoms with Gasteiger partial charge in [0.25, 0.3) is 0 Å². The maximum atomic E-state index is 11.2. The minimum Gasteiger partial charge on any atom is -0.481 e. The van der Waals surface area contributed by atoms with E-state index < -0.39 is 11.9 Å². The molecule has 4 nitrogen and oxygen atoms in total. The molecular weight excluding hydrogens is 244 g/mol. The SMILES string of the molecule is O=C(O)Cc1ccc(-c2ccccc2)cc1C(=O)O. The monoisotopic (exact) mass is 256 g/mol. The van der Waals surface area contributed by atoms with Gasteiger partial charge in [-0.3, -0.25) is 4.79 Å². The van der Waals surface area contributed by atoms with Crippen molar-refractivity contribution in [1.29, 1.82) is 0 Å². The smallest absolute Gasteiger partial charge is 0.336 e. The van der Waals surface area contributed by atoms with E-state index in [1.165, 1.54) is 6.07 Å². The molecule has 2 N–H and O–H groups in total. The minimum atomic E-state index is -1.12. The summed E-state index contributed by atoms with van der Waals surface area (Å²) in [5.74, 6) is -2.16. The molecule has 2 aromatic rings. The van der Waals surface area contributed by atoms with Crippen molar-refractivity contribution in [2.45, 2.75) is 6.42 Å². The second kappa shape index (κ2) is 5.35. The van der Waals surface area contributed by atoms with Gasteiger partial charge in [-0.1, -0.05) is 42.5 Å². The van der Waals surface area contributed by atoms with Gasteiger partial charge in [-0.05, 0) is 22.8 Å². The summed E-state index contributed by atoms with van der Waals surface area (Å²) in [5, 5.41) is 17.9. The van der Waals surface area contributed by atoms with Gasteiger partial charge in [0, 0.05) is 0 Å². The van der Waals surface area contributed by atoms with Gasteiger partial charge in [0.05, 0.1) is 12.0 Å². The lowest BCUT2D eigenvalue weighted by Gasteiger charge is -2.07. The quantitative estimate of drug-likeness (QED) is 0.881. The van der Waals surface area contributed by atoms with Crippen LogP contribution >= 0.6 is 0 Å². The Labute approximate surface area is 109 Å². The van der Waals surface area contributed by atoms with Gasteiger partial charge in [-0.2, -0.15) is 0 Å². The lowest BCUT2D eigenvalue weighted by Crippen LogP contribution is -2.08. The highest BCUT2D eigenvalue weighted by molar-refractivity contribution is 5.92. The molecule has 0 aliphatic rings. The fourth-order valence-electron chi connectivity index (χ4n) is 1.90. The molecule has 2 rings (SSSR count). The molecule has 0 aromatic heterocycles. The molecule has 0 aliphatic heterocycles. The standard InChI is InChI=1S/C15H12O4/c16-14(17)9-12-7-6-11(8-13(12)15(18)19)10-4-2-1-3-5-10/h1-8H,9H2,(H,16,17)(H,18,19). The van der Waals surface area contributed by atoms with Gasteiger partial charge in [0.15, 0.2) is 0 Å². The summed E-state index contributed by atoms with van der Waals surface area (Å²) in [4.78, 5) is 21.9. The fourth-order valence-corrected chi connectivity index (χ4v) is 1.90. The highest BCUT2D eigenvalue weighted by atomic mass is 16.4. The molecule has 0 amide bonds. The normalized spacial score (nSPS) is 10.1. The van der Waals surface area contributed by atoms with Crippen molar-refractivity contribution in [1.82, 2.24) is 0 Å². The van der Waals surface area contributed by atoms with Crippen molar-refractivity contribution in [3.05, 3.63) is 59.7 Å². The molecule has 2 aromatic carbocycles. The number of carboxylic acid groups (broad SMARTS) is 2. The summed E-state index contributed by atoms with van der Waals surface area (Å²) >= 11 is 0. The number of benzene rings is 2. The molecule has 4 heteroatoms. The molecule has 0 radical (unpaired) electrons. The van der Waals surface area contributed by atoms with Crippen LogP contribution in [0.4, 0.5) is 0 Å². The van der Waals surface area contributed by atoms with E-state index in [0.717, 1.165) is 11.1 Å². The van der Waals surface area contributed by atoms with Crippen LogP contribution < -0.4 is 0 Å². The van der Waals surface area contributed by atoms with E-state index in [2.05, 4.69) is 0 Å². The maximum Gasteiger partial charge on any atom is 0.336 e. The van der Waals surface area contributed by atoms with E-state index in [-0.39, 0.29) is 12.0 Å². The number of carbonyl (C=O) groups is 2. The third-order valence-corrected chi connectivity index (χ3v) is 2.79. The number of rotatable bonds is 4. The Hall–Kier alpha value is -2.62. The largest absolute Gasteiger partial charge is 0.481 e. The van der Waals surface area contributed by atoms with Crippen molar-refractivity contribution in [2.24, 2.45) is 0 Å². The molecule has 0 aliphatic carbocycles. The van der Waals surface area contributed by atoms with Gasteiger partial charge in [-0.15, -0.1) is 0 Å². The molecule has 0 heterocycles. The lowest BCUT2D eigenvalue weighted by molar-refractivity contribution is -0.136. The maximum absolute atomic E-state index is 11.2. The van der Waals surface area contributed by atoms with Gasteiger partial charge >= 0.3 is 11.9 Å². The summed E-state index contributed by atoms with van der Waals surface area (Å²) < 4.78 is 0. The van der Waals surface area contributed by atoms with Crippen LogP contribution in [0.25, 0.3) is 11.1 Å². The van der Waals surface area contributed by atoms with Crippen LogP contribution in [-0.2, 0) is 11.2 Å². The Balaban J connectivity index is 2.48. The van der Waals surface area contributed by atoms with Gasteiger partial charge in [0.1, 0.15) is 0 Å². The Morgan fingerprint density at radius 3 is 2.16 bits per heavy atom. The van der Waals surface area contributed by atoms with Crippen LogP contribution in [-0.4, -0.2) is 22.2 Å². The third kappa shape index (κ3) is 2.98. The Kier molecular flexibility index (Phi) is 3.61. The number of carboxylic acids is 2. The van der Waals surface area contributed by atoms with Crippen molar-refractivity contribution in [2.75, 3.05) is 0 Å². The van der Waals surface area contributed by atoms with Crippen LogP contribution in [0.2, 0.25) is 0 Å². The van der Waals surface area contributed by atoms with Gasteiger partial charge < -0.3 is 10.2 Å². The zero-order valence-electron chi connectivity index (χ0n) is 10.0. The highest BCUT2D eigenvalue weighted by Crippen LogP contribution is 2.23. The Bertz CT molecular complexity index is 617. The van der Waals surface area contributed by atoms with E-state index >= 15 is 0 Å². The number of hydrogen-bond donors (Lipinski definition) is 2. The molecule has 0 saturated heterocycles. The molecular formula is C15H12O4. The predicted octanol–water partition coefficient (Wildman–Crippen LogP) is 2.68. The second-order valence-corrected chi connectivity index (χ2v) is 4.11. The van der Waals surface area contributed by atoms with Crippen molar-refractivity contribution in [3.8, 4) is 11.1 Å². The van der Waals surface area contributed by atoms with Crippen LogP contribution in [0, 0.1) is 0 Å². The average Bonchev–Trinajstić information content (AvgIpc) is 2.39.